The monoisotopic (exact) mass is 768 g/mol. The van der Waals surface area contributed by atoms with E-state index in [2.05, 4.69) is 36.6 Å². The van der Waals surface area contributed by atoms with E-state index in [-0.39, 0.29) is 42.5 Å². The van der Waals surface area contributed by atoms with E-state index in [0.717, 1.165) is 12.0 Å². The molecule has 5 atom stereocenters. The summed E-state index contributed by atoms with van der Waals surface area (Å²) in [6, 6.07) is 5.06. The lowest BCUT2D eigenvalue weighted by Crippen LogP contribution is -2.58. The van der Waals surface area contributed by atoms with Crippen molar-refractivity contribution in [2.45, 2.75) is 84.1 Å². The van der Waals surface area contributed by atoms with Crippen LogP contribution in [0.4, 0.5) is 0 Å². The quantitative estimate of drug-likeness (QED) is 0.226. The second-order valence-electron chi connectivity index (χ2n) is 13.2. The van der Waals surface area contributed by atoms with E-state index < -0.39 is 72.2 Å². The lowest BCUT2D eigenvalue weighted by Gasteiger charge is -2.30. The van der Waals surface area contributed by atoms with Gasteiger partial charge in [-0.25, -0.2) is 9.97 Å². The molecule has 6 amide bonds. The van der Waals surface area contributed by atoms with Crippen LogP contribution in [0.15, 0.2) is 46.5 Å². The number of benzene rings is 1. The molecule has 1 aliphatic heterocycles. The third-order valence-corrected chi connectivity index (χ3v) is 10.3. The Morgan fingerprint density at radius 3 is 2.34 bits per heavy atom. The van der Waals surface area contributed by atoms with Gasteiger partial charge in [0.05, 0.1) is 18.6 Å². The van der Waals surface area contributed by atoms with Crippen LogP contribution in [-0.2, 0) is 25.6 Å². The summed E-state index contributed by atoms with van der Waals surface area (Å²) in [6.45, 7) is 8.09. The Morgan fingerprint density at radius 2 is 1.70 bits per heavy atom. The van der Waals surface area contributed by atoms with Crippen molar-refractivity contribution in [1.82, 2.24) is 41.5 Å². The van der Waals surface area contributed by atoms with E-state index >= 15 is 0 Å². The molecule has 0 unspecified atom stereocenters. The Kier molecular flexibility index (Phi) is 15.0. The molecule has 0 spiro atoms. The molecule has 1 aliphatic rings. The van der Waals surface area contributed by atoms with Gasteiger partial charge in [0.2, 0.25) is 23.6 Å². The van der Waals surface area contributed by atoms with Gasteiger partial charge in [0.1, 0.15) is 34.6 Å². The highest BCUT2D eigenvalue weighted by Gasteiger charge is 2.32. The highest BCUT2D eigenvalue weighted by Crippen LogP contribution is 2.25. The van der Waals surface area contributed by atoms with E-state index in [9.17, 15) is 28.8 Å². The van der Waals surface area contributed by atoms with Gasteiger partial charge < -0.3 is 35.9 Å². The Bertz CT molecular complexity index is 1750. The second-order valence-corrected chi connectivity index (χ2v) is 15.1. The molecule has 2 aromatic heterocycles. The maximum absolute atomic E-state index is 14.0. The molecule has 2 bridgehead atoms. The zero-order chi connectivity index (χ0) is 38.7. The number of carbonyl (C=O) groups is 6. The van der Waals surface area contributed by atoms with E-state index in [0.29, 0.717) is 17.2 Å². The summed E-state index contributed by atoms with van der Waals surface area (Å²) in [7, 11) is 0. The maximum atomic E-state index is 14.0. The highest BCUT2D eigenvalue weighted by molar-refractivity contribution is 7.98. The van der Waals surface area contributed by atoms with Gasteiger partial charge in [-0.2, -0.15) is 11.8 Å². The number of amides is 6. The van der Waals surface area contributed by atoms with Gasteiger partial charge in [-0.3, -0.25) is 28.8 Å². The Morgan fingerprint density at radius 1 is 1.00 bits per heavy atom. The van der Waals surface area contributed by atoms with Crippen LogP contribution < -0.4 is 26.6 Å². The molecule has 0 saturated carbocycles. The predicted molar refractivity (Wildman–Crippen MR) is 201 cm³/mol. The largest absolute Gasteiger partial charge is 0.448 e. The van der Waals surface area contributed by atoms with Crippen LogP contribution in [0, 0.1) is 12.8 Å². The summed E-state index contributed by atoms with van der Waals surface area (Å²) < 4.78 is 5.32. The molecule has 0 radical (unpaired) electrons. The number of fused-ring (bicyclic) bond motifs is 2. The van der Waals surface area contributed by atoms with Crippen molar-refractivity contribution < 1.29 is 33.2 Å². The lowest BCUT2D eigenvalue weighted by molar-refractivity contribution is -0.132. The topological polar surface area (TPSA) is 205 Å². The Labute approximate surface area is 317 Å². The van der Waals surface area contributed by atoms with Gasteiger partial charge in [-0.05, 0) is 56.6 Å². The molecular formula is C36H48N8O7S2. The first-order valence-corrected chi connectivity index (χ1v) is 19.8. The van der Waals surface area contributed by atoms with E-state index in [1.165, 1.54) is 34.9 Å². The number of hydrogen-bond acceptors (Lipinski definition) is 11. The maximum Gasteiger partial charge on any atom is 0.276 e. The molecular weight excluding hydrogens is 721 g/mol. The molecule has 0 saturated heterocycles. The number of nitrogens with one attached hydrogen (secondary N) is 5. The summed E-state index contributed by atoms with van der Waals surface area (Å²) in [5, 5.41) is 16.1. The zero-order valence-electron chi connectivity index (χ0n) is 30.8. The van der Waals surface area contributed by atoms with Crippen molar-refractivity contribution >= 4 is 58.5 Å². The van der Waals surface area contributed by atoms with Gasteiger partial charge in [0, 0.05) is 11.9 Å². The third-order valence-electron chi connectivity index (χ3n) is 8.71. The summed E-state index contributed by atoms with van der Waals surface area (Å²) in [4.78, 5) is 91.6. The lowest BCUT2D eigenvalue weighted by atomic mass is 10.0. The van der Waals surface area contributed by atoms with Crippen LogP contribution in [0.2, 0.25) is 0 Å². The van der Waals surface area contributed by atoms with Crippen molar-refractivity contribution in [2.24, 2.45) is 5.92 Å². The number of nitrogens with zero attached hydrogens (tertiary/aromatic N) is 3. The fraction of sp³-hybridized carbons (Fsp3) is 0.500. The summed E-state index contributed by atoms with van der Waals surface area (Å²) in [5.41, 5.74) is 0.951. The van der Waals surface area contributed by atoms with E-state index in [1.807, 2.05) is 50.4 Å². The molecule has 286 valence electrons. The van der Waals surface area contributed by atoms with E-state index in [4.69, 9.17) is 4.42 Å². The van der Waals surface area contributed by atoms with Crippen molar-refractivity contribution in [2.75, 3.05) is 25.1 Å². The molecule has 1 aromatic carbocycles. The van der Waals surface area contributed by atoms with Gasteiger partial charge in [-0.1, -0.05) is 51.1 Å². The summed E-state index contributed by atoms with van der Waals surface area (Å²) in [5.74, 6) is -2.68. The minimum Gasteiger partial charge on any atom is -0.448 e. The molecule has 0 aliphatic carbocycles. The third kappa shape index (κ3) is 11.4. The average Bonchev–Trinajstić information content (AvgIpc) is 3.79. The standard InChI is InChI=1S/C36H48N8O7S2/c1-7-25-32(47)41-26(13-14-52-6)33(48)39-24(15-23-11-9-8-10-12-23)16-44(36(50)30-22(5)51-19-37-30)17-28(45)43-29(20(2)3)35-42-27(18-53-35)34(49)38-21(4)31(46)40-25/h8-12,18-21,24-26,29H,7,13-17H2,1-6H3,(H,38,49)(H,39,48)(H,40,46)(H,41,47)(H,43,45)/t21-,24+,25+,26+,29+/m1/s1. The zero-order valence-corrected chi connectivity index (χ0v) is 32.4. The van der Waals surface area contributed by atoms with Gasteiger partial charge in [-0.15, -0.1) is 11.3 Å². The predicted octanol–water partition coefficient (Wildman–Crippen LogP) is 2.39. The van der Waals surface area contributed by atoms with Gasteiger partial charge in [0.15, 0.2) is 12.1 Å². The number of aromatic nitrogens is 2. The van der Waals surface area contributed by atoms with Crippen LogP contribution in [0.25, 0.3) is 0 Å². The van der Waals surface area contributed by atoms with E-state index in [1.54, 1.807) is 19.2 Å². The van der Waals surface area contributed by atoms with Crippen LogP contribution >= 0.6 is 23.1 Å². The Hall–Kier alpha value is -4.77. The summed E-state index contributed by atoms with van der Waals surface area (Å²) in [6.07, 6.45) is 3.83. The Balaban J connectivity index is 1.76. The number of thiazole rings is 1. The van der Waals surface area contributed by atoms with Crippen molar-refractivity contribution in [3.63, 3.8) is 0 Å². The molecule has 3 heterocycles. The molecule has 4 rings (SSSR count). The summed E-state index contributed by atoms with van der Waals surface area (Å²) >= 11 is 2.68. The molecule has 53 heavy (non-hydrogen) atoms. The fourth-order valence-electron chi connectivity index (χ4n) is 5.71. The number of rotatable bonds is 8. The number of thioether (sulfide) groups is 1. The first kappa shape index (κ1) is 41.0. The SMILES string of the molecule is CC[C@@H]1NC(=O)[C@@H](C)NC(=O)c2csc(n2)[C@H](C(C)C)NC(=O)CN(C(=O)c2ncoc2C)C[C@H](Cc2ccccc2)NC(=O)[C@H](CCSC)NC1=O. The molecule has 3 aromatic rings. The number of carbonyl (C=O) groups excluding carboxylic acids is 6. The molecule has 15 nitrogen and oxygen atoms in total. The van der Waals surface area contributed by atoms with Gasteiger partial charge in [0.25, 0.3) is 11.8 Å². The minimum absolute atomic E-state index is 0.0242. The van der Waals surface area contributed by atoms with Crippen LogP contribution in [0.5, 0.6) is 0 Å². The second kappa shape index (κ2) is 19.3. The van der Waals surface area contributed by atoms with Crippen molar-refractivity contribution in [3.8, 4) is 0 Å². The molecule has 17 heteroatoms. The number of hydrogen-bond donors (Lipinski definition) is 5. The van der Waals surface area contributed by atoms with Gasteiger partial charge >= 0.3 is 0 Å². The smallest absolute Gasteiger partial charge is 0.276 e. The minimum atomic E-state index is -1.02. The first-order chi connectivity index (χ1) is 25.3. The van der Waals surface area contributed by atoms with Crippen LogP contribution in [0.1, 0.15) is 83.9 Å². The molecule has 0 fully saturated rings. The van der Waals surface area contributed by atoms with Crippen molar-refractivity contribution in [3.05, 3.63) is 69.8 Å². The number of oxazole rings is 1. The van der Waals surface area contributed by atoms with Crippen LogP contribution in [0.3, 0.4) is 0 Å². The fourth-order valence-corrected chi connectivity index (χ4v) is 7.20. The molecule has 5 N–H and O–H groups in total. The van der Waals surface area contributed by atoms with Crippen LogP contribution in [-0.4, -0.2) is 99.6 Å². The normalized spacial score (nSPS) is 22.6. The van der Waals surface area contributed by atoms with Crippen molar-refractivity contribution in [1.29, 1.82) is 0 Å². The highest BCUT2D eigenvalue weighted by atomic mass is 32.2. The first-order valence-electron chi connectivity index (χ1n) is 17.5. The number of aryl methyl sites for hydroxylation is 1. The average molecular weight is 769 g/mol.